The second-order valence-corrected chi connectivity index (χ2v) is 3.31. The smallest absolute Gasteiger partial charge is 0.118 e. The van der Waals surface area contributed by atoms with Crippen molar-refractivity contribution < 1.29 is 4.74 Å². The highest BCUT2D eigenvalue weighted by atomic mass is 16.5. The Kier molecular flexibility index (Phi) is 8.95. The number of unbranched alkanes of at least 4 members (excludes halogenated alkanes) is 2. The van der Waals surface area contributed by atoms with Crippen molar-refractivity contribution >= 4 is 0 Å². The fourth-order valence-electron chi connectivity index (χ4n) is 1.37. The zero-order valence-electron chi connectivity index (χ0n) is 10.5. The van der Waals surface area contributed by atoms with Gasteiger partial charge < -0.3 is 4.74 Å². The molecular formula is C14H24O. The number of methoxy groups -OCH3 is 1. The molecule has 0 radical (unpaired) electrons. The predicted octanol–water partition coefficient (Wildman–Crippen LogP) is 4.45. The molecule has 1 nitrogen and oxygen atoms in total. The summed E-state index contributed by atoms with van der Waals surface area (Å²) >= 11 is 0. The summed E-state index contributed by atoms with van der Waals surface area (Å²) in [5, 5.41) is 0. The summed E-state index contributed by atoms with van der Waals surface area (Å²) in [7, 11) is 1.70. The number of hydrogen-bond donors (Lipinski definition) is 0. The van der Waals surface area contributed by atoms with Gasteiger partial charge in [0.15, 0.2) is 0 Å². The topological polar surface area (TPSA) is 9.23 Å². The standard InChI is InChI=1S/C12H18O.C2H6/c1-3-4-5-6-11-7-9-12(13-2)10-8-11;1-2/h7-10H,3-6H2,1-2H3;1-2H3. The monoisotopic (exact) mass is 208 g/mol. The molecule has 0 bridgehead atoms. The first-order chi connectivity index (χ1) is 7.36. The summed E-state index contributed by atoms with van der Waals surface area (Å²) in [5.74, 6) is 0.944. The van der Waals surface area contributed by atoms with E-state index in [4.69, 9.17) is 4.74 Å². The lowest BCUT2D eigenvalue weighted by atomic mass is 10.1. The van der Waals surface area contributed by atoms with Crippen LogP contribution in [0.25, 0.3) is 0 Å². The first-order valence-corrected chi connectivity index (χ1v) is 5.99. The molecule has 1 aromatic rings. The van der Waals surface area contributed by atoms with Gasteiger partial charge in [0, 0.05) is 0 Å². The van der Waals surface area contributed by atoms with Crippen LogP contribution in [0.15, 0.2) is 24.3 Å². The highest BCUT2D eigenvalue weighted by Gasteiger charge is 1.93. The molecule has 0 saturated carbocycles. The molecule has 0 aliphatic carbocycles. The van der Waals surface area contributed by atoms with Crippen LogP contribution in [0.1, 0.15) is 45.6 Å². The molecule has 0 aliphatic rings. The van der Waals surface area contributed by atoms with E-state index in [9.17, 15) is 0 Å². The van der Waals surface area contributed by atoms with Gasteiger partial charge in [-0.05, 0) is 30.5 Å². The molecule has 1 rings (SSSR count). The molecule has 0 amide bonds. The molecule has 0 saturated heterocycles. The fraction of sp³-hybridized carbons (Fsp3) is 0.571. The van der Waals surface area contributed by atoms with E-state index in [1.807, 2.05) is 26.0 Å². The van der Waals surface area contributed by atoms with Crippen molar-refractivity contribution in [3.63, 3.8) is 0 Å². The maximum absolute atomic E-state index is 5.09. The van der Waals surface area contributed by atoms with Gasteiger partial charge in [0.1, 0.15) is 5.75 Å². The van der Waals surface area contributed by atoms with Crippen molar-refractivity contribution in [2.45, 2.75) is 46.5 Å². The Morgan fingerprint density at radius 1 is 1.00 bits per heavy atom. The van der Waals surface area contributed by atoms with Crippen LogP contribution in [0.5, 0.6) is 5.75 Å². The molecule has 1 aromatic carbocycles. The zero-order chi connectivity index (χ0) is 11.5. The maximum atomic E-state index is 5.09. The van der Waals surface area contributed by atoms with E-state index in [1.54, 1.807) is 7.11 Å². The largest absolute Gasteiger partial charge is 0.497 e. The minimum atomic E-state index is 0.944. The molecule has 0 heterocycles. The van der Waals surface area contributed by atoms with Gasteiger partial charge in [0.05, 0.1) is 7.11 Å². The predicted molar refractivity (Wildman–Crippen MR) is 67.6 cm³/mol. The van der Waals surface area contributed by atoms with Gasteiger partial charge in [-0.2, -0.15) is 0 Å². The average Bonchev–Trinajstić information content (AvgIpc) is 2.33. The second kappa shape index (κ2) is 9.57. The third kappa shape index (κ3) is 6.16. The molecule has 0 fully saturated rings. The van der Waals surface area contributed by atoms with Crippen molar-refractivity contribution in [1.82, 2.24) is 0 Å². The molecule has 0 aliphatic heterocycles. The van der Waals surface area contributed by atoms with Crippen LogP contribution in [0.3, 0.4) is 0 Å². The Balaban J connectivity index is 0.000000921. The molecule has 86 valence electrons. The lowest BCUT2D eigenvalue weighted by Gasteiger charge is -2.02. The van der Waals surface area contributed by atoms with E-state index in [0.717, 1.165) is 5.75 Å². The van der Waals surface area contributed by atoms with Crippen LogP contribution < -0.4 is 4.74 Å². The van der Waals surface area contributed by atoms with Crippen LogP contribution in [-0.2, 0) is 6.42 Å². The Morgan fingerprint density at radius 2 is 1.60 bits per heavy atom. The minimum absolute atomic E-state index is 0.944. The van der Waals surface area contributed by atoms with E-state index < -0.39 is 0 Å². The van der Waals surface area contributed by atoms with Crippen LogP contribution in [0, 0.1) is 0 Å². The van der Waals surface area contributed by atoms with Crippen LogP contribution in [0.4, 0.5) is 0 Å². The summed E-state index contributed by atoms with van der Waals surface area (Å²) < 4.78 is 5.09. The Hall–Kier alpha value is -0.980. The summed E-state index contributed by atoms with van der Waals surface area (Å²) in [4.78, 5) is 0. The number of hydrogen-bond acceptors (Lipinski definition) is 1. The van der Waals surface area contributed by atoms with Crippen molar-refractivity contribution in [1.29, 1.82) is 0 Å². The number of rotatable bonds is 5. The van der Waals surface area contributed by atoms with E-state index in [2.05, 4.69) is 19.1 Å². The third-order valence-electron chi connectivity index (χ3n) is 2.23. The fourth-order valence-corrected chi connectivity index (χ4v) is 1.37. The maximum Gasteiger partial charge on any atom is 0.118 e. The van der Waals surface area contributed by atoms with Gasteiger partial charge in [-0.25, -0.2) is 0 Å². The molecule has 0 aromatic heterocycles. The van der Waals surface area contributed by atoms with Gasteiger partial charge >= 0.3 is 0 Å². The molecule has 0 atom stereocenters. The Bertz CT molecular complexity index is 226. The van der Waals surface area contributed by atoms with Crippen molar-refractivity contribution in [2.75, 3.05) is 7.11 Å². The van der Waals surface area contributed by atoms with Gasteiger partial charge in [-0.3, -0.25) is 0 Å². The molecule has 0 N–H and O–H groups in total. The van der Waals surface area contributed by atoms with Crippen molar-refractivity contribution in [3.05, 3.63) is 29.8 Å². The molecule has 0 spiro atoms. The summed E-state index contributed by atoms with van der Waals surface area (Å²) in [5.41, 5.74) is 1.41. The molecule has 15 heavy (non-hydrogen) atoms. The average molecular weight is 208 g/mol. The van der Waals surface area contributed by atoms with E-state index in [0.29, 0.717) is 0 Å². The lowest BCUT2D eigenvalue weighted by molar-refractivity contribution is 0.414. The SMILES string of the molecule is CC.CCCCCc1ccc(OC)cc1. The van der Waals surface area contributed by atoms with Gasteiger partial charge in [0.2, 0.25) is 0 Å². The van der Waals surface area contributed by atoms with Gasteiger partial charge in [-0.1, -0.05) is 45.7 Å². The summed E-state index contributed by atoms with van der Waals surface area (Å²) in [6.07, 6.45) is 5.10. The van der Waals surface area contributed by atoms with Crippen LogP contribution in [-0.4, -0.2) is 7.11 Å². The van der Waals surface area contributed by atoms with Crippen molar-refractivity contribution in [2.24, 2.45) is 0 Å². The zero-order valence-corrected chi connectivity index (χ0v) is 10.5. The number of aryl methyl sites for hydroxylation is 1. The molecular weight excluding hydrogens is 184 g/mol. The number of benzene rings is 1. The highest BCUT2D eigenvalue weighted by Crippen LogP contribution is 2.13. The first kappa shape index (κ1) is 14.0. The van der Waals surface area contributed by atoms with Crippen LogP contribution in [0.2, 0.25) is 0 Å². The van der Waals surface area contributed by atoms with Crippen LogP contribution >= 0.6 is 0 Å². The quantitative estimate of drug-likeness (QED) is 0.649. The highest BCUT2D eigenvalue weighted by molar-refractivity contribution is 5.27. The lowest BCUT2D eigenvalue weighted by Crippen LogP contribution is -1.86. The van der Waals surface area contributed by atoms with E-state index in [1.165, 1.54) is 31.2 Å². The third-order valence-corrected chi connectivity index (χ3v) is 2.23. The Labute approximate surface area is 94.5 Å². The van der Waals surface area contributed by atoms with E-state index >= 15 is 0 Å². The number of ether oxygens (including phenoxy) is 1. The molecule has 1 heteroatoms. The van der Waals surface area contributed by atoms with E-state index in [-0.39, 0.29) is 0 Å². The first-order valence-electron chi connectivity index (χ1n) is 5.99. The van der Waals surface area contributed by atoms with Gasteiger partial charge in [0.25, 0.3) is 0 Å². The molecule has 0 unspecified atom stereocenters. The minimum Gasteiger partial charge on any atom is -0.497 e. The summed E-state index contributed by atoms with van der Waals surface area (Å²) in [6, 6.07) is 8.35. The van der Waals surface area contributed by atoms with Gasteiger partial charge in [-0.15, -0.1) is 0 Å². The van der Waals surface area contributed by atoms with Crippen molar-refractivity contribution in [3.8, 4) is 5.75 Å². The Morgan fingerprint density at radius 3 is 2.07 bits per heavy atom. The second-order valence-electron chi connectivity index (χ2n) is 3.31. The summed E-state index contributed by atoms with van der Waals surface area (Å²) in [6.45, 7) is 6.23. The normalized spacial score (nSPS) is 9.07.